The van der Waals surface area contributed by atoms with Crippen LogP contribution >= 0.6 is 15.9 Å². The lowest BCUT2D eigenvalue weighted by atomic mass is 9.89. The van der Waals surface area contributed by atoms with Gasteiger partial charge < -0.3 is 5.11 Å². The van der Waals surface area contributed by atoms with Gasteiger partial charge in [-0.3, -0.25) is 0 Å². The van der Waals surface area contributed by atoms with E-state index in [4.69, 9.17) is 0 Å². The van der Waals surface area contributed by atoms with Crippen LogP contribution in [0.4, 0.5) is 0 Å². The molecule has 0 aliphatic rings. The number of nitrogens with one attached hydrogen (secondary N) is 1. The summed E-state index contributed by atoms with van der Waals surface area (Å²) in [5.74, 6) is 0. The smallest absolute Gasteiger partial charge is 0.241 e. The lowest BCUT2D eigenvalue weighted by Crippen LogP contribution is -2.41. The van der Waals surface area contributed by atoms with E-state index in [-0.39, 0.29) is 23.0 Å². The number of aliphatic hydroxyl groups excluding tert-OH is 1. The van der Waals surface area contributed by atoms with E-state index in [0.717, 1.165) is 0 Å². The molecule has 1 aromatic carbocycles. The molecule has 0 aromatic heterocycles. The standard InChI is InChI=1S/C14H22BrNO3S/c1-9-12(15)6-11(8-17)7-13(9)20(18,19)16-10(2)14(3,4)5/h6-7,10,16-17H,8H2,1-5H3. The van der Waals surface area contributed by atoms with Gasteiger partial charge in [0.15, 0.2) is 0 Å². The van der Waals surface area contributed by atoms with E-state index < -0.39 is 10.0 Å². The highest BCUT2D eigenvalue weighted by Gasteiger charge is 2.27. The first kappa shape index (κ1) is 17.6. The molecule has 1 unspecified atom stereocenters. The summed E-state index contributed by atoms with van der Waals surface area (Å²) in [7, 11) is -3.62. The monoisotopic (exact) mass is 363 g/mol. The average molecular weight is 364 g/mol. The van der Waals surface area contributed by atoms with Crippen molar-refractivity contribution in [3.05, 3.63) is 27.7 Å². The van der Waals surface area contributed by atoms with Crippen LogP contribution in [0.25, 0.3) is 0 Å². The van der Waals surface area contributed by atoms with Gasteiger partial charge in [0.1, 0.15) is 0 Å². The van der Waals surface area contributed by atoms with Gasteiger partial charge in [0.25, 0.3) is 0 Å². The Bertz CT molecular complexity index is 591. The average Bonchev–Trinajstić information content (AvgIpc) is 2.30. The molecule has 1 atom stereocenters. The van der Waals surface area contributed by atoms with Crippen molar-refractivity contribution in [2.45, 2.75) is 52.2 Å². The largest absolute Gasteiger partial charge is 0.392 e. The Hall–Kier alpha value is -0.430. The number of aliphatic hydroxyl groups is 1. The second-order valence-electron chi connectivity index (χ2n) is 6.07. The van der Waals surface area contributed by atoms with Crippen molar-refractivity contribution in [2.75, 3.05) is 0 Å². The summed E-state index contributed by atoms with van der Waals surface area (Å²) in [6.45, 7) is 9.32. The number of hydrogen-bond donors (Lipinski definition) is 2. The molecule has 4 nitrogen and oxygen atoms in total. The number of hydrogen-bond acceptors (Lipinski definition) is 3. The minimum absolute atomic E-state index is 0.174. The molecule has 114 valence electrons. The van der Waals surface area contributed by atoms with Gasteiger partial charge in [0.05, 0.1) is 11.5 Å². The molecule has 1 rings (SSSR count). The second kappa shape index (κ2) is 6.13. The third-order valence-electron chi connectivity index (χ3n) is 3.46. The van der Waals surface area contributed by atoms with Crippen LogP contribution in [0.3, 0.4) is 0 Å². The predicted molar refractivity (Wildman–Crippen MR) is 84.0 cm³/mol. The molecule has 0 heterocycles. The van der Waals surface area contributed by atoms with E-state index in [1.54, 1.807) is 13.0 Å². The van der Waals surface area contributed by atoms with E-state index in [0.29, 0.717) is 15.6 Å². The molecule has 1 aromatic rings. The first-order valence-corrected chi connectivity index (χ1v) is 8.69. The SMILES string of the molecule is Cc1c(Br)cc(CO)cc1S(=O)(=O)NC(C)C(C)(C)C. The highest BCUT2D eigenvalue weighted by molar-refractivity contribution is 9.10. The van der Waals surface area contributed by atoms with E-state index in [2.05, 4.69) is 20.7 Å². The molecule has 0 radical (unpaired) electrons. The second-order valence-corrected chi connectivity index (χ2v) is 8.60. The highest BCUT2D eigenvalue weighted by Crippen LogP contribution is 2.27. The van der Waals surface area contributed by atoms with Gasteiger partial charge in [-0.05, 0) is 42.5 Å². The maximum absolute atomic E-state index is 12.5. The molecular weight excluding hydrogens is 342 g/mol. The van der Waals surface area contributed by atoms with Gasteiger partial charge in [-0.2, -0.15) is 0 Å². The van der Waals surface area contributed by atoms with Gasteiger partial charge in [-0.15, -0.1) is 0 Å². The maximum atomic E-state index is 12.5. The zero-order valence-corrected chi connectivity index (χ0v) is 14.9. The zero-order valence-electron chi connectivity index (χ0n) is 12.5. The van der Waals surface area contributed by atoms with Gasteiger partial charge in [0, 0.05) is 10.5 Å². The lowest BCUT2D eigenvalue weighted by molar-refractivity contribution is 0.281. The van der Waals surface area contributed by atoms with Crippen molar-refractivity contribution in [1.82, 2.24) is 4.72 Å². The van der Waals surface area contributed by atoms with Gasteiger partial charge in [-0.1, -0.05) is 36.7 Å². The summed E-state index contributed by atoms with van der Waals surface area (Å²) in [6, 6.07) is 3.03. The number of sulfonamides is 1. The minimum atomic E-state index is -3.62. The van der Waals surface area contributed by atoms with Crippen LogP contribution in [-0.4, -0.2) is 19.6 Å². The maximum Gasteiger partial charge on any atom is 0.241 e. The summed E-state index contributed by atoms with van der Waals surface area (Å²) in [5.41, 5.74) is 1.02. The van der Waals surface area contributed by atoms with Crippen LogP contribution in [0.15, 0.2) is 21.5 Å². The van der Waals surface area contributed by atoms with Crippen LogP contribution < -0.4 is 4.72 Å². The van der Waals surface area contributed by atoms with Gasteiger partial charge >= 0.3 is 0 Å². The Morgan fingerprint density at radius 1 is 1.35 bits per heavy atom. The lowest BCUT2D eigenvalue weighted by Gasteiger charge is -2.28. The molecule has 0 fully saturated rings. The van der Waals surface area contributed by atoms with Gasteiger partial charge in [-0.25, -0.2) is 13.1 Å². The summed E-state index contributed by atoms with van der Waals surface area (Å²) in [4.78, 5) is 0.201. The van der Waals surface area contributed by atoms with Crippen LogP contribution in [0.2, 0.25) is 0 Å². The predicted octanol–water partition coefficient (Wildman–Crippen LogP) is 2.96. The fourth-order valence-electron chi connectivity index (χ4n) is 1.55. The van der Waals surface area contributed by atoms with Crippen LogP contribution in [0.1, 0.15) is 38.8 Å². The third kappa shape index (κ3) is 4.04. The molecule has 0 saturated carbocycles. The van der Waals surface area contributed by atoms with Crippen molar-refractivity contribution in [1.29, 1.82) is 0 Å². The summed E-state index contributed by atoms with van der Waals surface area (Å²) < 4.78 is 28.4. The van der Waals surface area contributed by atoms with Crippen molar-refractivity contribution in [2.24, 2.45) is 5.41 Å². The first-order valence-electron chi connectivity index (χ1n) is 6.41. The molecule has 0 spiro atoms. The molecule has 2 N–H and O–H groups in total. The number of halogens is 1. The Morgan fingerprint density at radius 2 is 1.90 bits per heavy atom. The Balaban J connectivity index is 3.26. The summed E-state index contributed by atoms with van der Waals surface area (Å²) >= 11 is 3.33. The molecule has 0 amide bonds. The number of rotatable bonds is 4. The van der Waals surface area contributed by atoms with Crippen molar-refractivity contribution < 1.29 is 13.5 Å². The van der Waals surface area contributed by atoms with Crippen molar-refractivity contribution in [3.63, 3.8) is 0 Å². The van der Waals surface area contributed by atoms with Crippen molar-refractivity contribution >= 4 is 26.0 Å². The molecule has 20 heavy (non-hydrogen) atoms. The van der Waals surface area contributed by atoms with Gasteiger partial charge in [0.2, 0.25) is 10.0 Å². The normalized spacial score (nSPS) is 14.3. The fourth-order valence-corrected chi connectivity index (χ4v) is 3.95. The van der Waals surface area contributed by atoms with Crippen molar-refractivity contribution in [3.8, 4) is 0 Å². The van der Waals surface area contributed by atoms with E-state index in [9.17, 15) is 13.5 Å². The topological polar surface area (TPSA) is 66.4 Å². The fraction of sp³-hybridized carbons (Fsp3) is 0.571. The van der Waals surface area contributed by atoms with Crippen LogP contribution in [-0.2, 0) is 16.6 Å². The highest BCUT2D eigenvalue weighted by atomic mass is 79.9. The summed E-state index contributed by atoms with van der Waals surface area (Å²) in [5, 5.41) is 9.22. The molecule has 6 heteroatoms. The van der Waals surface area contributed by atoms with Crippen LogP contribution in [0.5, 0.6) is 0 Å². The minimum Gasteiger partial charge on any atom is -0.392 e. The summed E-state index contributed by atoms with van der Waals surface area (Å²) in [6.07, 6.45) is 0. The van der Waals surface area contributed by atoms with Crippen LogP contribution in [0, 0.1) is 12.3 Å². The Labute approximate surface area is 129 Å². The number of benzene rings is 1. The Kier molecular flexibility index (Phi) is 5.40. The quantitative estimate of drug-likeness (QED) is 0.863. The molecule has 0 saturated heterocycles. The van der Waals surface area contributed by atoms with E-state index in [1.165, 1.54) is 6.07 Å². The zero-order chi connectivity index (χ0) is 15.7. The molecular formula is C14H22BrNO3S. The van der Waals surface area contributed by atoms with E-state index in [1.807, 2.05) is 27.7 Å². The first-order chi connectivity index (χ1) is 8.99. The molecule has 0 aliphatic carbocycles. The molecule has 0 bridgehead atoms. The van der Waals surface area contributed by atoms with E-state index >= 15 is 0 Å². The molecule has 0 aliphatic heterocycles. The third-order valence-corrected chi connectivity index (χ3v) is 5.95. The Morgan fingerprint density at radius 3 is 2.35 bits per heavy atom.